The van der Waals surface area contributed by atoms with Gasteiger partial charge in [0, 0.05) is 18.5 Å². The predicted octanol–water partition coefficient (Wildman–Crippen LogP) is 3.85. The zero-order valence-electron chi connectivity index (χ0n) is 16.2. The molecule has 148 valence electrons. The largest absolute Gasteiger partial charge is 0.506 e. The molecule has 1 atom stereocenters. The lowest BCUT2D eigenvalue weighted by Crippen LogP contribution is -2.47. The summed E-state index contributed by atoms with van der Waals surface area (Å²) in [7, 11) is 0. The van der Waals surface area contributed by atoms with E-state index in [1.165, 1.54) is 32.1 Å². The number of benzene rings is 2. The molecule has 2 aliphatic rings. The molecule has 5 heteroatoms. The van der Waals surface area contributed by atoms with Crippen molar-refractivity contribution >= 4 is 22.6 Å². The molecule has 1 heterocycles. The Kier molecular flexibility index (Phi) is 5.51. The summed E-state index contributed by atoms with van der Waals surface area (Å²) in [5, 5.41) is 15.3. The maximum absolute atomic E-state index is 13.1. The number of rotatable bonds is 4. The highest BCUT2D eigenvalue weighted by Crippen LogP contribution is 2.31. The van der Waals surface area contributed by atoms with E-state index in [0.29, 0.717) is 30.8 Å². The molecule has 4 rings (SSSR count). The van der Waals surface area contributed by atoms with Gasteiger partial charge in [0.25, 0.3) is 5.91 Å². The van der Waals surface area contributed by atoms with Crippen molar-refractivity contribution in [2.75, 3.05) is 13.1 Å². The van der Waals surface area contributed by atoms with Crippen LogP contribution >= 0.6 is 0 Å². The molecule has 1 aliphatic heterocycles. The van der Waals surface area contributed by atoms with Crippen molar-refractivity contribution in [3.8, 4) is 5.75 Å². The number of carbonyl (C=O) groups is 2. The lowest BCUT2D eigenvalue weighted by Gasteiger charge is -2.26. The second-order valence-electron chi connectivity index (χ2n) is 8.09. The number of aromatic hydroxyl groups is 1. The van der Waals surface area contributed by atoms with Crippen molar-refractivity contribution in [3.05, 3.63) is 42.0 Å². The molecule has 2 aromatic rings. The van der Waals surface area contributed by atoms with Crippen LogP contribution in [0.15, 0.2) is 36.4 Å². The van der Waals surface area contributed by atoms with Gasteiger partial charge in [0.05, 0.1) is 5.56 Å². The lowest BCUT2D eigenvalue weighted by atomic mass is 9.89. The number of phenolic OH excluding ortho intramolecular Hbond substituents is 1. The van der Waals surface area contributed by atoms with E-state index in [2.05, 4.69) is 5.32 Å². The first-order chi connectivity index (χ1) is 13.6. The van der Waals surface area contributed by atoms with E-state index in [-0.39, 0.29) is 23.1 Å². The number of hydrogen-bond donors (Lipinski definition) is 2. The van der Waals surface area contributed by atoms with Crippen LogP contribution in [0.1, 0.15) is 55.3 Å². The minimum atomic E-state index is -0.443. The Hall–Kier alpha value is -2.56. The van der Waals surface area contributed by atoms with Gasteiger partial charge in [-0.1, -0.05) is 49.6 Å². The van der Waals surface area contributed by atoms with Gasteiger partial charge in [-0.05, 0) is 43.1 Å². The quantitative estimate of drug-likeness (QED) is 0.847. The number of likely N-dealkylation sites (tertiary alicyclic amines) is 1. The maximum Gasteiger partial charge on any atom is 0.258 e. The molecule has 1 saturated heterocycles. The van der Waals surface area contributed by atoms with Crippen molar-refractivity contribution in [3.63, 3.8) is 0 Å². The molecule has 0 spiro atoms. The van der Waals surface area contributed by atoms with E-state index < -0.39 is 6.04 Å². The monoisotopic (exact) mass is 380 g/mol. The Bertz CT molecular complexity index is 873. The molecule has 2 fully saturated rings. The average Bonchev–Trinajstić information content (AvgIpc) is 3.23. The molecular weight excluding hydrogens is 352 g/mol. The lowest BCUT2D eigenvalue weighted by molar-refractivity contribution is -0.125. The summed E-state index contributed by atoms with van der Waals surface area (Å²) in [5.74, 6) is 0.236. The van der Waals surface area contributed by atoms with Crippen LogP contribution in [-0.4, -0.2) is 41.0 Å². The van der Waals surface area contributed by atoms with Gasteiger partial charge in [0.2, 0.25) is 5.91 Å². The molecule has 0 bridgehead atoms. The fourth-order valence-electron chi connectivity index (χ4n) is 4.62. The summed E-state index contributed by atoms with van der Waals surface area (Å²) >= 11 is 0. The van der Waals surface area contributed by atoms with Crippen LogP contribution in [0.25, 0.3) is 10.8 Å². The van der Waals surface area contributed by atoms with Crippen molar-refractivity contribution in [2.45, 2.75) is 51.0 Å². The molecule has 1 saturated carbocycles. The van der Waals surface area contributed by atoms with Crippen LogP contribution in [0.5, 0.6) is 5.75 Å². The Morgan fingerprint density at radius 3 is 2.61 bits per heavy atom. The third-order valence-electron chi connectivity index (χ3n) is 6.24. The topological polar surface area (TPSA) is 69.6 Å². The summed E-state index contributed by atoms with van der Waals surface area (Å²) in [6.07, 6.45) is 7.63. The van der Waals surface area contributed by atoms with E-state index in [1.807, 2.05) is 24.3 Å². The van der Waals surface area contributed by atoms with Crippen LogP contribution in [0, 0.1) is 5.92 Å². The number of hydrogen-bond acceptors (Lipinski definition) is 3. The molecule has 0 aromatic heterocycles. The Balaban J connectivity index is 1.47. The van der Waals surface area contributed by atoms with Crippen LogP contribution in [0.4, 0.5) is 0 Å². The first kappa shape index (κ1) is 18.8. The summed E-state index contributed by atoms with van der Waals surface area (Å²) in [4.78, 5) is 27.5. The van der Waals surface area contributed by atoms with Gasteiger partial charge in [0.15, 0.2) is 0 Å². The molecule has 0 radical (unpaired) electrons. The second-order valence-corrected chi connectivity index (χ2v) is 8.09. The zero-order valence-corrected chi connectivity index (χ0v) is 16.2. The first-order valence-corrected chi connectivity index (χ1v) is 10.4. The van der Waals surface area contributed by atoms with Gasteiger partial charge in [-0.15, -0.1) is 0 Å². The first-order valence-electron chi connectivity index (χ1n) is 10.4. The van der Waals surface area contributed by atoms with Gasteiger partial charge in [0.1, 0.15) is 11.8 Å². The standard InChI is InChI=1S/C23H28N2O3/c26-21-18-10-5-4-9-17(18)12-13-19(21)23(28)25-14-6-11-20(25)22(27)24-15-16-7-2-1-3-8-16/h4-5,9-10,12-13,16,20,26H,1-3,6-8,11,14-15H2,(H,24,27). The summed E-state index contributed by atoms with van der Waals surface area (Å²) in [5.41, 5.74) is 0.269. The normalized spacial score (nSPS) is 20.4. The summed E-state index contributed by atoms with van der Waals surface area (Å²) in [6.45, 7) is 1.26. The van der Waals surface area contributed by atoms with Gasteiger partial charge in [-0.2, -0.15) is 0 Å². The van der Waals surface area contributed by atoms with Crippen molar-refractivity contribution < 1.29 is 14.7 Å². The number of carbonyl (C=O) groups excluding carboxylic acids is 2. The fourth-order valence-corrected chi connectivity index (χ4v) is 4.62. The summed E-state index contributed by atoms with van der Waals surface area (Å²) in [6, 6.07) is 10.5. The van der Waals surface area contributed by atoms with Crippen LogP contribution in [0.3, 0.4) is 0 Å². The van der Waals surface area contributed by atoms with Crippen molar-refractivity contribution in [2.24, 2.45) is 5.92 Å². The second kappa shape index (κ2) is 8.21. The number of nitrogens with one attached hydrogen (secondary N) is 1. The molecule has 28 heavy (non-hydrogen) atoms. The van der Waals surface area contributed by atoms with E-state index >= 15 is 0 Å². The minimum absolute atomic E-state index is 0.00337. The molecular formula is C23H28N2O3. The molecule has 5 nitrogen and oxygen atoms in total. The molecule has 2 amide bonds. The Morgan fingerprint density at radius 2 is 1.79 bits per heavy atom. The molecule has 2 aromatic carbocycles. The van der Waals surface area contributed by atoms with Gasteiger partial charge >= 0.3 is 0 Å². The fraction of sp³-hybridized carbons (Fsp3) is 0.478. The van der Waals surface area contributed by atoms with Gasteiger partial charge in [-0.3, -0.25) is 9.59 Å². The SMILES string of the molecule is O=C(NCC1CCCCC1)C1CCCN1C(=O)c1ccc2ccccc2c1O. The third-order valence-corrected chi connectivity index (χ3v) is 6.24. The smallest absolute Gasteiger partial charge is 0.258 e. The number of nitrogens with zero attached hydrogens (tertiary/aromatic N) is 1. The van der Waals surface area contributed by atoms with Crippen molar-refractivity contribution in [1.82, 2.24) is 10.2 Å². The highest BCUT2D eigenvalue weighted by Gasteiger charge is 2.35. The van der Waals surface area contributed by atoms with E-state index in [0.717, 1.165) is 11.8 Å². The highest BCUT2D eigenvalue weighted by atomic mass is 16.3. The Morgan fingerprint density at radius 1 is 1.00 bits per heavy atom. The Labute approximate surface area is 165 Å². The molecule has 1 unspecified atom stereocenters. The van der Waals surface area contributed by atoms with Gasteiger partial charge in [-0.25, -0.2) is 0 Å². The van der Waals surface area contributed by atoms with Crippen LogP contribution < -0.4 is 5.32 Å². The van der Waals surface area contributed by atoms with Gasteiger partial charge < -0.3 is 15.3 Å². The van der Waals surface area contributed by atoms with Crippen LogP contribution in [-0.2, 0) is 4.79 Å². The van der Waals surface area contributed by atoms with Crippen molar-refractivity contribution in [1.29, 1.82) is 0 Å². The van der Waals surface area contributed by atoms with Crippen LogP contribution in [0.2, 0.25) is 0 Å². The zero-order chi connectivity index (χ0) is 19.5. The summed E-state index contributed by atoms with van der Waals surface area (Å²) < 4.78 is 0. The van der Waals surface area contributed by atoms with E-state index in [1.54, 1.807) is 17.0 Å². The molecule has 2 N–H and O–H groups in total. The predicted molar refractivity (Wildman–Crippen MR) is 109 cm³/mol. The number of fused-ring (bicyclic) bond motifs is 1. The maximum atomic E-state index is 13.1. The third kappa shape index (κ3) is 3.71. The average molecular weight is 380 g/mol. The number of amides is 2. The molecule has 1 aliphatic carbocycles. The van der Waals surface area contributed by atoms with E-state index in [9.17, 15) is 14.7 Å². The number of phenols is 1. The minimum Gasteiger partial charge on any atom is -0.506 e. The van der Waals surface area contributed by atoms with E-state index in [4.69, 9.17) is 0 Å². The highest BCUT2D eigenvalue weighted by molar-refractivity contribution is 6.05.